The van der Waals surface area contributed by atoms with Crippen molar-refractivity contribution in [2.24, 2.45) is 0 Å². The number of anilines is 1. The third-order valence-electron chi connectivity index (χ3n) is 2.97. The number of nitrogens with one attached hydrogen (secondary N) is 1. The van der Waals surface area contributed by atoms with E-state index in [-0.39, 0.29) is 10.6 Å². The number of hydrogen-bond acceptors (Lipinski definition) is 3. The lowest BCUT2D eigenvalue weighted by Crippen LogP contribution is -2.15. The number of hydrogen-bond donors (Lipinski definition) is 1. The van der Waals surface area contributed by atoms with E-state index < -0.39 is 21.6 Å². The molecule has 0 spiro atoms. The van der Waals surface area contributed by atoms with Gasteiger partial charge in [-0.3, -0.25) is 4.79 Å². The van der Waals surface area contributed by atoms with Crippen molar-refractivity contribution in [1.29, 1.82) is 0 Å². The van der Waals surface area contributed by atoms with E-state index in [0.717, 1.165) is 6.26 Å². The number of sulfone groups is 1. The van der Waals surface area contributed by atoms with Crippen LogP contribution in [0, 0.1) is 12.7 Å². The molecule has 0 radical (unpaired) electrons. The van der Waals surface area contributed by atoms with Crippen molar-refractivity contribution >= 4 is 21.4 Å². The number of halogens is 1. The van der Waals surface area contributed by atoms with Gasteiger partial charge in [0.05, 0.1) is 10.6 Å². The molecule has 0 fully saturated rings. The molecule has 0 atom stereocenters. The van der Waals surface area contributed by atoms with Crippen LogP contribution in [-0.2, 0) is 9.84 Å². The van der Waals surface area contributed by atoms with Crippen LogP contribution in [0.4, 0.5) is 10.1 Å². The summed E-state index contributed by atoms with van der Waals surface area (Å²) in [5.74, 6) is -0.913. The molecule has 0 unspecified atom stereocenters. The van der Waals surface area contributed by atoms with Crippen LogP contribution in [0.2, 0.25) is 0 Å². The number of carbonyl (C=O) groups excluding carboxylic acids is 1. The molecule has 21 heavy (non-hydrogen) atoms. The van der Waals surface area contributed by atoms with Crippen molar-refractivity contribution in [2.75, 3.05) is 11.6 Å². The molecule has 1 N–H and O–H groups in total. The summed E-state index contributed by atoms with van der Waals surface area (Å²) in [4.78, 5) is 12.2. The highest BCUT2D eigenvalue weighted by atomic mass is 32.2. The van der Waals surface area contributed by atoms with E-state index in [9.17, 15) is 17.6 Å². The van der Waals surface area contributed by atoms with E-state index in [2.05, 4.69) is 5.32 Å². The number of carbonyl (C=O) groups is 1. The fraction of sp³-hybridized carbons (Fsp3) is 0.133. The van der Waals surface area contributed by atoms with Crippen LogP contribution >= 0.6 is 0 Å². The van der Waals surface area contributed by atoms with Crippen molar-refractivity contribution < 1.29 is 17.6 Å². The van der Waals surface area contributed by atoms with Crippen LogP contribution < -0.4 is 5.32 Å². The third-order valence-corrected chi connectivity index (χ3v) is 4.12. The van der Waals surface area contributed by atoms with Gasteiger partial charge in [0.15, 0.2) is 9.84 Å². The molecule has 2 aromatic rings. The Labute approximate surface area is 122 Å². The quantitative estimate of drug-likeness (QED) is 0.948. The Morgan fingerprint density at radius 1 is 1.14 bits per heavy atom. The molecule has 0 aromatic heterocycles. The van der Waals surface area contributed by atoms with E-state index >= 15 is 0 Å². The Kier molecular flexibility index (Phi) is 4.09. The van der Waals surface area contributed by atoms with Crippen molar-refractivity contribution in [3.8, 4) is 0 Å². The molecule has 0 saturated carbocycles. The molecule has 0 bridgehead atoms. The fourth-order valence-corrected chi connectivity index (χ4v) is 2.81. The molecule has 0 aliphatic carbocycles. The highest BCUT2D eigenvalue weighted by molar-refractivity contribution is 7.90. The summed E-state index contributed by atoms with van der Waals surface area (Å²) in [5, 5.41) is 2.55. The average Bonchev–Trinajstić information content (AvgIpc) is 2.37. The van der Waals surface area contributed by atoms with Gasteiger partial charge in [0.1, 0.15) is 5.82 Å². The summed E-state index contributed by atoms with van der Waals surface area (Å²) in [6, 6.07) is 9.93. The number of amides is 1. The van der Waals surface area contributed by atoms with Gasteiger partial charge >= 0.3 is 0 Å². The van der Waals surface area contributed by atoms with E-state index in [0.29, 0.717) is 11.1 Å². The van der Waals surface area contributed by atoms with Crippen LogP contribution in [0.1, 0.15) is 15.9 Å². The van der Waals surface area contributed by atoms with Gasteiger partial charge < -0.3 is 5.32 Å². The number of aryl methyl sites for hydroxylation is 1. The number of rotatable bonds is 3. The highest BCUT2D eigenvalue weighted by Gasteiger charge is 2.16. The second kappa shape index (κ2) is 5.65. The van der Waals surface area contributed by atoms with Crippen molar-refractivity contribution in [3.05, 3.63) is 59.4 Å². The third kappa shape index (κ3) is 3.46. The summed E-state index contributed by atoms with van der Waals surface area (Å²) in [5.41, 5.74) is 0.970. The average molecular weight is 307 g/mol. The summed E-state index contributed by atoms with van der Waals surface area (Å²) in [6.45, 7) is 1.61. The normalized spacial score (nSPS) is 11.2. The molecule has 110 valence electrons. The second-order valence-electron chi connectivity index (χ2n) is 4.68. The first kappa shape index (κ1) is 15.2. The SMILES string of the molecule is Cc1cc(F)ccc1C(=O)Nc1ccccc1S(C)(=O)=O. The van der Waals surface area contributed by atoms with E-state index in [1.54, 1.807) is 19.1 Å². The van der Waals surface area contributed by atoms with Gasteiger partial charge in [0.2, 0.25) is 0 Å². The van der Waals surface area contributed by atoms with Gasteiger partial charge in [-0.15, -0.1) is 0 Å². The van der Waals surface area contributed by atoms with Crippen LogP contribution in [-0.4, -0.2) is 20.6 Å². The molecule has 6 heteroatoms. The Morgan fingerprint density at radius 3 is 2.43 bits per heavy atom. The summed E-state index contributed by atoms with van der Waals surface area (Å²) in [6.07, 6.45) is 1.07. The smallest absolute Gasteiger partial charge is 0.255 e. The predicted molar refractivity (Wildman–Crippen MR) is 78.6 cm³/mol. The zero-order valence-electron chi connectivity index (χ0n) is 11.6. The van der Waals surface area contributed by atoms with E-state index in [1.807, 2.05) is 0 Å². The number of benzene rings is 2. The van der Waals surface area contributed by atoms with Gasteiger partial charge in [-0.25, -0.2) is 12.8 Å². The Morgan fingerprint density at radius 2 is 1.81 bits per heavy atom. The van der Waals surface area contributed by atoms with Gasteiger partial charge in [0, 0.05) is 11.8 Å². The summed E-state index contributed by atoms with van der Waals surface area (Å²) < 4.78 is 36.4. The molecule has 0 aliphatic heterocycles. The molecule has 4 nitrogen and oxygen atoms in total. The Balaban J connectivity index is 2.37. The minimum atomic E-state index is -3.45. The lowest BCUT2D eigenvalue weighted by molar-refractivity contribution is 0.102. The van der Waals surface area contributed by atoms with Gasteiger partial charge in [-0.05, 0) is 42.8 Å². The molecular weight excluding hydrogens is 293 g/mol. The molecule has 2 aromatic carbocycles. The highest BCUT2D eigenvalue weighted by Crippen LogP contribution is 2.22. The molecule has 0 aliphatic rings. The van der Waals surface area contributed by atoms with Crippen molar-refractivity contribution in [1.82, 2.24) is 0 Å². The Bertz CT molecular complexity index is 800. The maximum absolute atomic E-state index is 13.0. The zero-order valence-corrected chi connectivity index (χ0v) is 12.4. The van der Waals surface area contributed by atoms with Gasteiger partial charge in [-0.2, -0.15) is 0 Å². The molecule has 0 heterocycles. The topological polar surface area (TPSA) is 63.2 Å². The fourth-order valence-electron chi connectivity index (χ4n) is 1.96. The van der Waals surface area contributed by atoms with Crippen LogP contribution in [0.15, 0.2) is 47.4 Å². The lowest BCUT2D eigenvalue weighted by Gasteiger charge is -2.11. The zero-order chi connectivity index (χ0) is 15.6. The standard InChI is InChI=1S/C15H14FNO3S/c1-10-9-11(16)7-8-12(10)15(18)17-13-5-3-4-6-14(13)21(2,19)20/h3-9H,1-2H3,(H,17,18). The van der Waals surface area contributed by atoms with Crippen LogP contribution in [0.3, 0.4) is 0 Å². The molecule has 1 amide bonds. The molecule has 2 rings (SSSR count). The first-order chi connectivity index (χ1) is 9.79. The van der Waals surface area contributed by atoms with Gasteiger partial charge in [-0.1, -0.05) is 12.1 Å². The van der Waals surface area contributed by atoms with Crippen molar-refractivity contribution in [3.63, 3.8) is 0 Å². The van der Waals surface area contributed by atoms with Crippen molar-refractivity contribution in [2.45, 2.75) is 11.8 Å². The Hall–Kier alpha value is -2.21. The minimum Gasteiger partial charge on any atom is -0.321 e. The second-order valence-corrected chi connectivity index (χ2v) is 6.67. The first-order valence-corrected chi connectivity index (χ1v) is 8.05. The largest absolute Gasteiger partial charge is 0.321 e. The van der Waals surface area contributed by atoms with Crippen LogP contribution in [0.5, 0.6) is 0 Å². The monoisotopic (exact) mass is 307 g/mol. The molecular formula is C15H14FNO3S. The summed E-state index contributed by atoms with van der Waals surface area (Å²) >= 11 is 0. The number of para-hydroxylation sites is 1. The first-order valence-electron chi connectivity index (χ1n) is 6.15. The van der Waals surface area contributed by atoms with Gasteiger partial charge in [0.25, 0.3) is 5.91 Å². The van der Waals surface area contributed by atoms with E-state index in [1.165, 1.54) is 30.3 Å². The lowest BCUT2D eigenvalue weighted by atomic mass is 10.1. The molecule has 0 saturated heterocycles. The summed E-state index contributed by atoms with van der Waals surface area (Å²) in [7, 11) is -3.45. The minimum absolute atomic E-state index is 0.0399. The maximum atomic E-state index is 13.0. The maximum Gasteiger partial charge on any atom is 0.255 e. The van der Waals surface area contributed by atoms with E-state index in [4.69, 9.17) is 0 Å². The predicted octanol–water partition coefficient (Wildman–Crippen LogP) is 2.79. The van der Waals surface area contributed by atoms with Crippen LogP contribution in [0.25, 0.3) is 0 Å².